The average molecular weight is 420 g/mol. The van der Waals surface area contributed by atoms with Crippen LogP contribution in [-0.2, 0) is 11.3 Å². The zero-order valence-electron chi connectivity index (χ0n) is 18.4. The number of fused-ring (bicyclic) bond motifs is 1. The molecule has 0 atom stereocenters. The minimum Gasteiger partial charge on any atom is -0.365 e. The Morgan fingerprint density at radius 3 is 2.55 bits per heavy atom. The van der Waals surface area contributed by atoms with E-state index in [0.717, 1.165) is 27.3 Å². The number of likely N-dealkylation sites (N-methyl/N-ethyl adjacent to an activating group) is 1. The molecule has 0 aliphatic carbocycles. The maximum Gasteiger partial charge on any atom is 0.329 e. The van der Waals surface area contributed by atoms with Gasteiger partial charge in [0.15, 0.2) is 0 Å². The van der Waals surface area contributed by atoms with Gasteiger partial charge in [-0.05, 0) is 68.7 Å². The second-order valence-corrected chi connectivity index (χ2v) is 8.74. The van der Waals surface area contributed by atoms with Crippen molar-refractivity contribution in [1.82, 2.24) is 10.2 Å². The van der Waals surface area contributed by atoms with Gasteiger partial charge < -0.3 is 10.2 Å². The zero-order valence-corrected chi connectivity index (χ0v) is 18.4. The molecule has 160 valence electrons. The summed E-state index contributed by atoms with van der Waals surface area (Å²) in [6.45, 7) is 8.29. The molecule has 1 N–H and O–H groups in total. The molecule has 1 saturated heterocycles. The number of anilines is 1. The first kappa shape index (κ1) is 20.8. The number of carbonyl (C=O) groups excluding carboxylic acids is 2. The van der Waals surface area contributed by atoms with Gasteiger partial charge in [-0.25, -0.2) is 9.18 Å². The minimum atomic E-state index is -0.548. The van der Waals surface area contributed by atoms with Gasteiger partial charge in [-0.1, -0.05) is 24.3 Å². The fraction of sp³-hybridized carbons (Fsp3) is 0.280. The molecule has 0 unspecified atom stereocenters. The van der Waals surface area contributed by atoms with Crippen molar-refractivity contribution < 1.29 is 14.0 Å². The summed E-state index contributed by atoms with van der Waals surface area (Å²) in [5.41, 5.74) is 5.65. The lowest BCUT2D eigenvalue weighted by Crippen LogP contribution is -2.42. The monoisotopic (exact) mass is 419 g/mol. The molecule has 0 spiro atoms. The van der Waals surface area contributed by atoms with E-state index >= 15 is 0 Å². The summed E-state index contributed by atoms with van der Waals surface area (Å²) in [6.07, 6.45) is 3.92. The van der Waals surface area contributed by atoms with Crippen molar-refractivity contribution in [2.45, 2.75) is 39.8 Å². The second-order valence-electron chi connectivity index (χ2n) is 8.74. The second kappa shape index (κ2) is 7.38. The van der Waals surface area contributed by atoms with Crippen LogP contribution in [0, 0.1) is 12.7 Å². The standard InChI is InChI=1S/C25H26FN3O2/c1-15-10-22-19(16(2)13-25(3,4)28(22)5)11-18(15)12-21-23(30)29(24(31)27-21)14-17-8-6-7-9-20(17)26/h6-13H,14H2,1-5H3,(H,27,31)/b21-12-. The van der Waals surface area contributed by atoms with E-state index in [-0.39, 0.29) is 17.8 Å². The van der Waals surface area contributed by atoms with Gasteiger partial charge in [0.2, 0.25) is 0 Å². The highest BCUT2D eigenvalue weighted by Crippen LogP contribution is 2.39. The lowest BCUT2D eigenvalue weighted by atomic mass is 9.87. The number of nitrogens with zero attached hydrogens (tertiary/aromatic N) is 2. The Hall–Kier alpha value is -3.41. The molecule has 0 radical (unpaired) electrons. The Balaban J connectivity index is 1.67. The molecule has 6 heteroatoms. The van der Waals surface area contributed by atoms with Crippen LogP contribution in [0.3, 0.4) is 0 Å². The van der Waals surface area contributed by atoms with Crippen LogP contribution in [0.2, 0.25) is 0 Å². The van der Waals surface area contributed by atoms with E-state index < -0.39 is 17.8 Å². The Bertz CT molecular complexity index is 1160. The van der Waals surface area contributed by atoms with Crippen LogP contribution in [0.25, 0.3) is 11.6 Å². The molecule has 5 nitrogen and oxygen atoms in total. The maximum atomic E-state index is 14.0. The summed E-state index contributed by atoms with van der Waals surface area (Å²) in [6, 6.07) is 9.75. The van der Waals surface area contributed by atoms with Crippen LogP contribution in [0.15, 0.2) is 48.2 Å². The summed E-state index contributed by atoms with van der Waals surface area (Å²) in [5.74, 6) is -0.906. The first-order valence-corrected chi connectivity index (χ1v) is 10.2. The van der Waals surface area contributed by atoms with Gasteiger partial charge in [0.1, 0.15) is 11.5 Å². The van der Waals surface area contributed by atoms with Gasteiger partial charge >= 0.3 is 6.03 Å². The molecule has 3 amide bonds. The van der Waals surface area contributed by atoms with Gasteiger partial charge in [0.05, 0.1) is 12.1 Å². The quantitative estimate of drug-likeness (QED) is 0.571. The Morgan fingerprint density at radius 1 is 1.13 bits per heavy atom. The molecule has 1 fully saturated rings. The number of hydrogen-bond acceptors (Lipinski definition) is 3. The predicted octanol–water partition coefficient (Wildman–Crippen LogP) is 4.86. The van der Waals surface area contributed by atoms with Crippen LogP contribution in [-0.4, -0.2) is 29.4 Å². The Labute approximate surface area is 181 Å². The largest absolute Gasteiger partial charge is 0.365 e. The molecule has 2 aliphatic rings. The van der Waals surface area contributed by atoms with Gasteiger partial charge in [-0.15, -0.1) is 0 Å². The predicted molar refractivity (Wildman–Crippen MR) is 121 cm³/mol. The fourth-order valence-electron chi connectivity index (χ4n) is 4.14. The first-order valence-electron chi connectivity index (χ1n) is 10.2. The molecular formula is C25H26FN3O2. The van der Waals surface area contributed by atoms with Crippen molar-refractivity contribution in [3.05, 3.63) is 76.2 Å². The van der Waals surface area contributed by atoms with Crippen molar-refractivity contribution in [2.75, 3.05) is 11.9 Å². The zero-order chi connectivity index (χ0) is 22.5. The molecule has 0 saturated carbocycles. The van der Waals surface area contributed by atoms with Crippen LogP contribution < -0.4 is 10.2 Å². The number of benzene rings is 2. The molecule has 2 aromatic rings. The van der Waals surface area contributed by atoms with Crippen LogP contribution in [0.5, 0.6) is 0 Å². The fourth-order valence-corrected chi connectivity index (χ4v) is 4.14. The number of urea groups is 1. The van der Waals surface area contributed by atoms with E-state index in [1.165, 1.54) is 11.6 Å². The maximum absolute atomic E-state index is 14.0. The van der Waals surface area contributed by atoms with Crippen molar-refractivity contribution >= 4 is 29.3 Å². The van der Waals surface area contributed by atoms with Gasteiger partial charge in [0, 0.05) is 23.9 Å². The number of carbonyl (C=O) groups is 2. The Morgan fingerprint density at radius 2 is 1.84 bits per heavy atom. The van der Waals surface area contributed by atoms with Crippen LogP contribution in [0.4, 0.5) is 14.9 Å². The summed E-state index contributed by atoms with van der Waals surface area (Å²) >= 11 is 0. The van der Waals surface area contributed by atoms with E-state index in [2.05, 4.69) is 50.2 Å². The van der Waals surface area contributed by atoms with Gasteiger partial charge in [-0.2, -0.15) is 0 Å². The highest BCUT2D eigenvalue weighted by atomic mass is 19.1. The number of hydrogen-bond donors (Lipinski definition) is 1. The average Bonchev–Trinajstić information content (AvgIpc) is 2.96. The lowest BCUT2D eigenvalue weighted by molar-refractivity contribution is -0.123. The normalized spacial score (nSPS) is 18.9. The highest BCUT2D eigenvalue weighted by molar-refractivity contribution is 6.14. The third kappa shape index (κ3) is 3.63. The van der Waals surface area contributed by atoms with E-state index in [1.54, 1.807) is 24.3 Å². The molecule has 2 aliphatic heterocycles. The van der Waals surface area contributed by atoms with E-state index in [9.17, 15) is 14.0 Å². The number of aryl methyl sites for hydroxylation is 1. The van der Waals surface area contributed by atoms with Crippen molar-refractivity contribution in [3.63, 3.8) is 0 Å². The van der Waals surface area contributed by atoms with Gasteiger partial charge in [0.25, 0.3) is 5.91 Å². The summed E-state index contributed by atoms with van der Waals surface area (Å²) < 4.78 is 14.0. The number of halogens is 1. The molecule has 0 aromatic heterocycles. The first-order chi connectivity index (χ1) is 14.6. The number of rotatable bonds is 3. The molecule has 2 aromatic carbocycles. The SMILES string of the molecule is CC1=CC(C)(C)N(C)c2cc(C)c(/C=C3\NC(=O)N(Cc4ccccc4F)C3=O)cc21. The van der Waals surface area contributed by atoms with Crippen molar-refractivity contribution in [2.24, 2.45) is 0 Å². The van der Waals surface area contributed by atoms with Gasteiger partial charge in [-0.3, -0.25) is 9.69 Å². The topological polar surface area (TPSA) is 52.7 Å². The Kier molecular flexibility index (Phi) is 4.96. The number of imide groups is 1. The summed E-state index contributed by atoms with van der Waals surface area (Å²) in [4.78, 5) is 28.5. The number of nitrogens with one attached hydrogen (secondary N) is 1. The van der Waals surface area contributed by atoms with Crippen LogP contribution in [0.1, 0.15) is 43.0 Å². The highest BCUT2D eigenvalue weighted by Gasteiger charge is 2.34. The van der Waals surface area contributed by atoms with E-state index in [1.807, 2.05) is 13.0 Å². The smallest absolute Gasteiger partial charge is 0.329 e. The summed E-state index contributed by atoms with van der Waals surface area (Å²) in [7, 11) is 2.07. The molecule has 0 bridgehead atoms. The molecule has 2 heterocycles. The molecular weight excluding hydrogens is 393 g/mol. The van der Waals surface area contributed by atoms with Crippen LogP contribution >= 0.6 is 0 Å². The summed E-state index contributed by atoms with van der Waals surface area (Å²) in [5, 5.41) is 2.63. The van der Waals surface area contributed by atoms with Crippen molar-refractivity contribution in [1.29, 1.82) is 0 Å². The molecule has 4 rings (SSSR count). The minimum absolute atomic E-state index is 0.0912. The lowest BCUT2D eigenvalue weighted by Gasteiger charge is -2.41. The van der Waals surface area contributed by atoms with Crippen molar-refractivity contribution in [3.8, 4) is 0 Å². The third-order valence-corrected chi connectivity index (χ3v) is 6.15. The number of amides is 3. The number of allylic oxidation sites excluding steroid dienone is 1. The molecule has 31 heavy (non-hydrogen) atoms. The van der Waals surface area contributed by atoms with E-state index in [0.29, 0.717) is 5.56 Å². The van der Waals surface area contributed by atoms with E-state index in [4.69, 9.17) is 0 Å². The third-order valence-electron chi connectivity index (χ3n) is 6.15.